The van der Waals surface area contributed by atoms with Crippen LogP contribution in [0.2, 0.25) is 5.02 Å². The highest BCUT2D eigenvalue weighted by atomic mass is 35.5. The first-order valence-electron chi connectivity index (χ1n) is 16.5. The minimum atomic E-state index is -3.30. The van der Waals surface area contributed by atoms with Gasteiger partial charge in [0.15, 0.2) is 0 Å². The molecule has 2 saturated heterocycles. The predicted molar refractivity (Wildman–Crippen MR) is 171 cm³/mol. The van der Waals surface area contributed by atoms with Gasteiger partial charge >= 0.3 is 0 Å². The smallest absolute Gasteiger partial charge is 0.245 e. The van der Waals surface area contributed by atoms with Gasteiger partial charge in [0.05, 0.1) is 12.3 Å². The van der Waals surface area contributed by atoms with Crippen molar-refractivity contribution >= 4 is 33.4 Å². The van der Waals surface area contributed by atoms with Crippen LogP contribution in [0.15, 0.2) is 24.3 Å². The molecule has 4 unspecified atom stereocenters. The standard InChI is InChI=1S/C33H51ClN4O4S/c1-37(43(2,41)42)23-33(27-10-4-3-5-11-27)16-18-38(19-17-33)32(40)30(20-24-12-14-28(34)15-13-24)36-31(39)29-21-25-8-6-7-9-26(25)22-35-29/h12-15,25-27,29-30,35H,3-11,16-23H2,1-2H3,(H,36,39). The number of rotatable bonds is 9. The number of benzene rings is 1. The number of carbonyl (C=O) groups excluding carboxylic acids is 2. The van der Waals surface area contributed by atoms with E-state index in [-0.39, 0.29) is 23.3 Å². The molecule has 1 aromatic rings. The molecule has 10 heteroatoms. The lowest BCUT2D eigenvalue weighted by molar-refractivity contribution is -0.140. The molecule has 43 heavy (non-hydrogen) atoms. The Hall–Kier alpha value is -1.68. The van der Waals surface area contributed by atoms with E-state index in [1.54, 1.807) is 7.05 Å². The van der Waals surface area contributed by atoms with E-state index in [0.29, 0.717) is 48.8 Å². The number of halogens is 1. The number of likely N-dealkylation sites (tertiary alicyclic amines) is 1. The molecule has 4 atom stereocenters. The van der Waals surface area contributed by atoms with E-state index in [9.17, 15) is 18.0 Å². The number of nitrogens with one attached hydrogen (secondary N) is 2. The first-order valence-corrected chi connectivity index (χ1v) is 18.7. The first kappa shape index (κ1) is 32.7. The molecule has 2 aliphatic carbocycles. The highest BCUT2D eigenvalue weighted by molar-refractivity contribution is 7.88. The topological polar surface area (TPSA) is 98.8 Å². The third kappa shape index (κ3) is 8.13. The molecule has 0 radical (unpaired) electrons. The summed E-state index contributed by atoms with van der Waals surface area (Å²) in [6.07, 6.45) is 14.9. The van der Waals surface area contributed by atoms with Crippen molar-refractivity contribution in [2.45, 2.75) is 95.6 Å². The molecule has 0 aromatic heterocycles. The van der Waals surface area contributed by atoms with Crippen molar-refractivity contribution in [1.29, 1.82) is 0 Å². The summed E-state index contributed by atoms with van der Waals surface area (Å²) >= 11 is 6.13. The van der Waals surface area contributed by atoms with Crippen molar-refractivity contribution in [2.24, 2.45) is 23.2 Å². The van der Waals surface area contributed by atoms with Gasteiger partial charge in [-0.15, -0.1) is 0 Å². The van der Waals surface area contributed by atoms with E-state index in [4.69, 9.17) is 11.6 Å². The van der Waals surface area contributed by atoms with Crippen LogP contribution in [0.1, 0.15) is 82.6 Å². The molecule has 4 fully saturated rings. The Morgan fingerprint density at radius 2 is 1.65 bits per heavy atom. The van der Waals surface area contributed by atoms with Crippen LogP contribution in [0, 0.1) is 23.2 Å². The molecule has 2 amide bonds. The van der Waals surface area contributed by atoms with Crippen molar-refractivity contribution in [1.82, 2.24) is 19.8 Å². The predicted octanol–water partition coefficient (Wildman–Crippen LogP) is 4.62. The second-order valence-corrected chi connectivity index (χ2v) is 16.5. The molecule has 5 rings (SSSR count). The van der Waals surface area contributed by atoms with Gasteiger partial charge < -0.3 is 15.5 Å². The minimum Gasteiger partial charge on any atom is -0.343 e. The van der Waals surface area contributed by atoms with Gasteiger partial charge in [0.25, 0.3) is 0 Å². The summed E-state index contributed by atoms with van der Waals surface area (Å²) in [5.74, 6) is 1.57. The van der Waals surface area contributed by atoms with Crippen molar-refractivity contribution < 1.29 is 18.0 Å². The zero-order valence-corrected chi connectivity index (χ0v) is 27.6. The Kier molecular flexibility index (Phi) is 10.8. The zero-order valence-electron chi connectivity index (χ0n) is 26.0. The lowest BCUT2D eigenvalue weighted by atomic mass is 9.63. The average Bonchev–Trinajstić information content (AvgIpc) is 3.01. The van der Waals surface area contributed by atoms with Crippen LogP contribution < -0.4 is 10.6 Å². The van der Waals surface area contributed by atoms with E-state index in [0.717, 1.165) is 44.2 Å². The maximum absolute atomic E-state index is 14.1. The van der Waals surface area contributed by atoms with Gasteiger partial charge in [-0.25, -0.2) is 12.7 Å². The van der Waals surface area contributed by atoms with Crippen molar-refractivity contribution in [2.75, 3.05) is 39.5 Å². The van der Waals surface area contributed by atoms with Crippen LogP contribution in [0.4, 0.5) is 0 Å². The maximum atomic E-state index is 14.1. The molecule has 2 heterocycles. The van der Waals surface area contributed by atoms with Gasteiger partial charge in [-0.1, -0.05) is 62.3 Å². The largest absolute Gasteiger partial charge is 0.343 e. The Labute approximate surface area is 263 Å². The van der Waals surface area contributed by atoms with Crippen LogP contribution in [0.3, 0.4) is 0 Å². The number of sulfonamides is 1. The van der Waals surface area contributed by atoms with Crippen LogP contribution in [-0.2, 0) is 26.0 Å². The number of fused-ring (bicyclic) bond motifs is 1. The summed E-state index contributed by atoms with van der Waals surface area (Å²) in [6, 6.07) is 6.55. The molecular weight excluding hydrogens is 584 g/mol. The van der Waals surface area contributed by atoms with E-state index in [1.165, 1.54) is 55.5 Å². The SMILES string of the molecule is CN(CC1(C2CCCCC2)CCN(C(=O)C(Cc2ccc(Cl)cc2)NC(=O)C2CC3CCCCC3CN2)CC1)S(C)(=O)=O. The second kappa shape index (κ2) is 14.2. The fourth-order valence-corrected chi connectivity index (χ4v) is 9.05. The summed E-state index contributed by atoms with van der Waals surface area (Å²) in [4.78, 5) is 29.7. The quantitative estimate of drug-likeness (QED) is 0.413. The summed E-state index contributed by atoms with van der Waals surface area (Å²) in [5, 5.41) is 7.29. The lowest BCUT2D eigenvalue weighted by Crippen LogP contribution is -2.59. The second-order valence-electron chi connectivity index (χ2n) is 13.9. The van der Waals surface area contributed by atoms with E-state index in [1.807, 2.05) is 29.2 Å². The molecule has 2 aliphatic heterocycles. The molecule has 1 aromatic carbocycles. The highest BCUT2D eigenvalue weighted by Gasteiger charge is 2.45. The summed E-state index contributed by atoms with van der Waals surface area (Å²) in [5.41, 5.74) is 0.822. The Morgan fingerprint density at radius 1 is 1.02 bits per heavy atom. The Bertz CT molecular complexity index is 1210. The van der Waals surface area contributed by atoms with Crippen molar-refractivity contribution in [3.8, 4) is 0 Å². The molecule has 4 aliphatic rings. The normalized spacial score (nSPS) is 27.3. The van der Waals surface area contributed by atoms with Gasteiger partial charge in [-0.3, -0.25) is 9.59 Å². The number of amides is 2. The third-order valence-electron chi connectivity index (χ3n) is 11.2. The number of carbonyl (C=O) groups is 2. The van der Waals surface area contributed by atoms with Gasteiger partial charge in [-0.2, -0.15) is 0 Å². The maximum Gasteiger partial charge on any atom is 0.245 e. The average molecular weight is 635 g/mol. The van der Waals surface area contributed by atoms with Gasteiger partial charge in [-0.05, 0) is 85.9 Å². The van der Waals surface area contributed by atoms with Crippen LogP contribution in [0.25, 0.3) is 0 Å². The van der Waals surface area contributed by atoms with Crippen LogP contribution in [-0.4, -0.2) is 81.0 Å². The number of hydrogen-bond acceptors (Lipinski definition) is 5. The van der Waals surface area contributed by atoms with Gasteiger partial charge in [0, 0.05) is 38.1 Å². The molecule has 0 bridgehead atoms. The lowest BCUT2D eigenvalue weighted by Gasteiger charge is -2.49. The van der Waals surface area contributed by atoms with E-state index >= 15 is 0 Å². The number of piperidine rings is 2. The molecule has 0 spiro atoms. The summed E-state index contributed by atoms with van der Waals surface area (Å²) < 4.78 is 26.3. The minimum absolute atomic E-state index is 0.0524. The molecule has 2 N–H and O–H groups in total. The van der Waals surface area contributed by atoms with Crippen molar-refractivity contribution in [3.05, 3.63) is 34.9 Å². The van der Waals surface area contributed by atoms with Crippen LogP contribution >= 0.6 is 11.6 Å². The molecule has 240 valence electrons. The summed E-state index contributed by atoms with van der Waals surface area (Å²) in [7, 11) is -1.62. The Balaban J connectivity index is 1.29. The zero-order chi connectivity index (χ0) is 30.6. The van der Waals surface area contributed by atoms with Crippen LogP contribution in [0.5, 0.6) is 0 Å². The molecular formula is C33H51ClN4O4S. The number of hydrogen-bond donors (Lipinski definition) is 2. The summed E-state index contributed by atoms with van der Waals surface area (Å²) in [6.45, 7) is 2.52. The first-order chi connectivity index (χ1) is 20.5. The molecule has 2 saturated carbocycles. The Morgan fingerprint density at radius 3 is 2.30 bits per heavy atom. The van der Waals surface area contributed by atoms with E-state index in [2.05, 4.69) is 10.6 Å². The monoisotopic (exact) mass is 634 g/mol. The fraction of sp³-hybridized carbons (Fsp3) is 0.758. The number of nitrogens with zero attached hydrogens (tertiary/aromatic N) is 2. The highest BCUT2D eigenvalue weighted by Crippen LogP contribution is 2.46. The fourth-order valence-electron chi connectivity index (χ4n) is 8.44. The molecule has 8 nitrogen and oxygen atoms in total. The van der Waals surface area contributed by atoms with E-state index < -0.39 is 16.1 Å². The van der Waals surface area contributed by atoms with Gasteiger partial charge in [0.1, 0.15) is 6.04 Å². The van der Waals surface area contributed by atoms with Crippen molar-refractivity contribution in [3.63, 3.8) is 0 Å². The third-order valence-corrected chi connectivity index (χ3v) is 12.7. The van der Waals surface area contributed by atoms with Gasteiger partial charge in [0.2, 0.25) is 21.8 Å².